The quantitative estimate of drug-likeness (QED) is 0.247. The molecule has 1 fully saturated rings. The fourth-order valence-electron chi connectivity index (χ4n) is 4.67. The average molecular weight is 603 g/mol. The van der Waals surface area contributed by atoms with Gasteiger partial charge in [-0.2, -0.15) is 0 Å². The van der Waals surface area contributed by atoms with Crippen LogP contribution in [0.25, 0.3) is 0 Å². The van der Waals surface area contributed by atoms with E-state index in [4.69, 9.17) is 11.6 Å². The molecule has 14 heteroatoms. The van der Waals surface area contributed by atoms with Crippen LogP contribution in [-0.2, 0) is 21.2 Å². The lowest BCUT2D eigenvalue weighted by Gasteiger charge is -2.26. The normalized spacial score (nSPS) is 15.7. The van der Waals surface area contributed by atoms with Gasteiger partial charge in [0.2, 0.25) is 5.91 Å². The van der Waals surface area contributed by atoms with Crippen LogP contribution in [0.15, 0.2) is 52.9 Å². The van der Waals surface area contributed by atoms with Crippen LogP contribution in [0, 0.1) is 0 Å². The van der Waals surface area contributed by atoms with Gasteiger partial charge >= 0.3 is 6.03 Å². The van der Waals surface area contributed by atoms with Crippen molar-refractivity contribution in [3.63, 3.8) is 0 Å². The van der Waals surface area contributed by atoms with Gasteiger partial charge < -0.3 is 15.5 Å². The first-order valence-electron chi connectivity index (χ1n) is 12.7. The highest BCUT2D eigenvalue weighted by atomic mass is 35.5. The van der Waals surface area contributed by atoms with Gasteiger partial charge in [-0.3, -0.25) is 9.59 Å². The van der Waals surface area contributed by atoms with Crippen molar-refractivity contribution in [2.45, 2.75) is 29.9 Å². The average Bonchev–Trinajstić information content (AvgIpc) is 3.59. The van der Waals surface area contributed by atoms with Gasteiger partial charge in [-0.15, -0.1) is 11.3 Å². The van der Waals surface area contributed by atoms with Crippen LogP contribution >= 0.6 is 22.9 Å². The lowest BCUT2D eigenvalue weighted by molar-refractivity contribution is -0.117. The van der Waals surface area contributed by atoms with E-state index in [0.29, 0.717) is 11.1 Å². The first-order chi connectivity index (χ1) is 19.2. The largest absolute Gasteiger partial charge is 0.385 e. The lowest BCUT2D eigenvalue weighted by atomic mass is 9.97. The van der Waals surface area contributed by atoms with Gasteiger partial charge in [0.1, 0.15) is 10.0 Å². The summed E-state index contributed by atoms with van der Waals surface area (Å²) in [5.74, 6) is -0.814. The van der Waals surface area contributed by atoms with E-state index in [9.17, 15) is 22.8 Å². The number of nitrogens with zero attached hydrogens (tertiary/aromatic N) is 3. The summed E-state index contributed by atoms with van der Waals surface area (Å²) in [6.45, 7) is 4.19. The van der Waals surface area contributed by atoms with E-state index in [1.165, 1.54) is 56.4 Å². The number of likely N-dealkylation sites (tertiary alicyclic amines) is 1. The molecule has 0 spiro atoms. The number of urea groups is 1. The third-order valence-electron chi connectivity index (χ3n) is 6.58. The summed E-state index contributed by atoms with van der Waals surface area (Å²) in [7, 11) is -4.09. The Balaban J connectivity index is 1.19. The topological polar surface area (TPSA) is 141 Å². The van der Waals surface area contributed by atoms with Crippen LogP contribution in [0.3, 0.4) is 0 Å². The number of thiophene rings is 1. The number of imide groups is 1. The number of amides is 4. The van der Waals surface area contributed by atoms with Gasteiger partial charge in [0.25, 0.3) is 15.9 Å². The summed E-state index contributed by atoms with van der Waals surface area (Å²) in [5.41, 5.74) is 2.10. The summed E-state index contributed by atoms with van der Waals surface area (Å²) < 4.78 is 26.6. The van der Waals surface area contributed by atoms with Crippen molar-refractivity contribution >= 4 is 68.0 Å². The maximum Gasteiger partial charge on any atom is 0.333 e. The molecule has 2 aliphatic heterocycles. The van der Waals surface area contributed by atoms with Crippen molar-refractivity contribution in [3.05, 3.63) is 64.1 Å². The minimum absolute atomic E-state index is 0.0407. The molecule has 0 radical (unpaired) electrons. The Bertz CT molecular complexity index is 1540. The highest BCUT2D eigenvalue weighted by Gasteiger charge is 2.33. The Labute approximate surface area is 240 Å². The van der Waals surface area contributed by atoms with E-state index in [-0.39, 0.29) is 26.5 Å². The van der Waals surface area contributed by atoms with Crippen LogP contribution < -0.4 is 20.3 Å². The summed E-state index contributed by atoms with van der Waals surface area (Å²) in [5, 5.41) is 5.75. The number of anilines is 3. The molecule has 40 heavy (non-hydrogen) atoms. The Morgan fingerprint density at radius 3 is 2.52 bits per heavy atom. The number of hydrogen-bond acceptors (Lipinski definition) is 9. The summed E-state index contributed by atoms with van der Waals surface area (Å²) in [4.78, 5) is 45.9. The molecule has 0 unspecified atom stereocenters. The molecule has 1 saturated heterocycles. The SMILES string of the molecule is O=C(Nc1ccc(N2C(=O)Cc3cc(NCCCN4CCCC4)ccc3C2=O)nc1)NS(=O)(=O)c1ccc(Cl)s1. The molecule has 0 saturated carbocycles. The third-order valence-corrected chi connectivity index (χ3v) is 9.64. The van der Waals surface area contributed by atoms with Gasteiger partial charge in [0.15, 0.2) is 0 Å². The molecule has 4 amide bonds. The Morgan fingerprint density at radius 2 is 1.82 bits per heavy atom. The summed E-state index contributed by atoms with van der Waals surface area (Å²) in [6.07, 6.45) is 4.82. The van der Waals surface area contributed by atoms with Gasteiger partial charge in [-0.25, -0.2) is 27.8 Å². The second-order valence-electron chi connectivity index (χ2n) is 9.44. The number of sulfonamides is 1. The fourth-order valence-corrected chi connectivity index (χ4v) is 7.06. The molecular formula is C26H27ClN6O5S2. The van der Waals surface area contributed by atoms with Crippen LogP contribution in [0.4, 0.5) is 22.0 Å². The first kappa shape index (κ1) is 28.0. The number of rotatable bonds is 9. The molecule has 2 aromatic heterocycles. The number of carbonyl (C=O) groups excluding carboxylic acids is 3. The number of benzene rings is 1. The molecular weight excluding hydrogens is 576 g/mol. The highest BCUT2D eigenvalue weighted by Crippen LogP contribution is 2.28. The Kier molecular flexibility index (Phi) is 8.35. The zero-order chi connectivity index (χ0) is 28.3. The van der Waals surface area contributed by atoms with E-state index in [1.807, 2.05) is 16.9 Å². The number of hydrogen-bond donors (Lipinski definition) is 3. The van der Waals surface area contributed by atoms with Crippen molar-refractivity contribution in [1.82, 2.24) is 14.6 Å². The summed E-state index contributed by atoms with van der Waals surface area (Å²) >= 11 is 6.58. The molecule has 0 bridgehead atoms. The molecule has 1 aromatic carbocycles. The van der Waals surface area contributed by atoms with Gasteiger partial charge in [0, 0.05) is 17.8 Å². The maximum absolute atomic E-state index is 13.2. The third kappa shape index (κ3) is 6.44. The second kappa shape index (κ2) is 11.9. The number of nitrogens with one attached hydrogen (secondary N) is 3. The minimum atomic E-state index is -4.09. The van der Waals surface area contributed by atoms with Crippen LogP contribution in [0.5, 0.6) is 0 Å². The standard InChI is InChI=1S/C26H27ClN6O5S2/c27-21-7-9-24(39-21)40(37,38)31-26(36)30-19-5-8-22(29-16-19)33-23(34)15-17-14-18(4-6-20(17)25(33)35)28-10-3-13-32-11-1-2-12-32/h4-9,14,16,28H,1-3,10-13,15H2,(H2,30,31,36). The van der Waals surface area contributed by atoms with Crippen molar-refractivity contribution in [2.24, 2.45) is 0 Å². The monoisotopic (exact) mass is 602 g/mol. The Morgan fingerprint density at radius 1 is 1.05 bits per heavy atom. The predicted octanol–water partition coefficient (Wildman–Crippen LogP) is 3.93. The van der Waals surface area contributed by atoms with E-state index >= 15 is 0 Å². The lowest BCUT2D eigenvalue weighted by Crippen LogP contribution is -2.43. The number of carbonyl (C=O) groups is 3. The molecule has 11 nitrogen and oxygen atoms in total. The molecule has 4 heterocycles. The fraction of sp³-hybridized carbons (Fsp3) is 0.308. The van der Waals surface area contributed by atoms with E-state index in [0.717, 1.165) is 41.4 Å². The molecule has 5 rings (SSSR count). The zero-order valence-corrected chi connectivity index (χ0v) is 23.7. The zero-order valence-electron chi connectivity index (χ0n) is 21.4. The number of pyridine rings is 1. The molecule has 3 aromatic rings. The molecule has 210 valence electrons. The first-order valence-corrected chi connectivity index (χ1v) is 15.4. The van der Waals surface area contributed by atoms with E-state index in [2.05, 4.69) is 20.5 Å². The van der Waals surface area contributed by atoms with Crippen molar-refractivity contribution in [3.8, 4) is 0 Å². The maximum atomic E-state index is 13.2. The van der Waals surface area contributed by atoms with E-state index < -0.39 is 27.9 Å². The molecule has 3 N–H and O–H groups in total. The van der Waals surface area contributed by atoms with Crippen molar-refractivity contribution < 1.29 is 22.8 Å². The van der Waals surface area contributed by atoms with E-state index in [1.54, 1.807) is 6.07 Å². The predicted molar refractivity (Wildman–Crippen MR) is 154 cm³/mol. The molecule has 0 atom stereocenters. The smallest absolute Gasteiger partial charge is 0.333 e. The highest BCUT2D eigenvalue weighted by molar-refractivity contribution is 7.92. The number of aromatic nitrogens is 1. The van der Waals surface area contributed by atoms with Crippen LogP contribution in [-0.4, -0.2) is 62.3 Å². The number of halogens is 1. The molecule has 2 aliphatic rings. The summed E-state index contributed by atoms with van der Waals surface area (Å²) in [6, 6.07) is 9.91. The van der Waals surface area contributed by atoms with Crippen LogP contribution in [0.1, 0.15) is 35.2 Å². The van der Waals surface area contributed by atoms with Crippen LogP contribution in [0.2, 0.25) is 4.34 Å². The van der Waals surface area contributed by atoms with Gasteiger partial charge in [0.05, 0.1) is 22.6 Å². The number of fused-ring (bicyclic) bond motifs is 1. The van der Waals surface area contributed by atoms with Crippen molar-refractivity contribution in [2.75, 3.05) is 41.7 Å². The Hall–Kier alpha value is -3.52. The molecule has 0 aliphatic carbocycles. The minimum Gasteiger partial charge on any atom is -0.385 e. The van der Waals surface area contributed by atoms with Crippen molar-refractivity contribution in [1.29, 1.82) is 0 Å². The van der Waals surface area contributed by atoms with Gasteiger partial charge in [-0.05, 0) is 86.9 Å². The second-order valence-corrected chi connectivity index (χ2v) is 13.1. The van der Waals surface area contributed by atoms with Gasteiger partial charge in [-0.1, -0.05) is 11.6 Å².